The van der Waals surface area contributed by atoms with Gasteiger partial charge in [0.2, 0.25) is 0 Å². The second-order valence-electron chi connectivity index (χ2n) is 2.22. The predicted molar refractivity (Wildman–Crippen MR) is 52.9 cm³/mol. The number of methoxy groups -OCH3 is 2. The zero-order valence-corrected chi connectivity index (χ0v) is 12.4. The molecule has 0 spiro atoms. The van der Waals surface area contributed by atoms with Crippen molar-refractivity contribution in [1.82, 2.24) is 0 Å². The van der Waals surface area contributed by atoms with Gasteiger partial charge in [0.15, 0.2) is 0 Å². The summed E-state index contributed by atoms with van der Waals surface area (Å²) < 4.78 is 10.0. The molecule has 4 heteroatoms. The molecule has 0 N–H and O–H groups in total. The van der Waals surface area contributed by atoms with E-state index >= 15 is 0 Å². The zero-order valence-electron chi connectivity index (χ0n) is 7.84. The second-order valence-corrected chi connectivity index (χ2v) is 2.22. The van der Waals surface area contributed by atoms with Crippen LogP contribution in [0.5, 0.6) is 11.5 Å². The van der Waals surface area contributed by atoms with Gasteiger partial charge in [-0.3, -0.25) is 0 Å². The van der Waals surface area contributed by atoms with Crippen molar-refractivity contribution >= 4 is 13.6 Å². The zero-order chi connectivity index (χ0) is 10.3. The van der Waals surface area contributed by atoms with E-state index < -0.39 is 0 Å². The SMILES string of the molecule is [CH2-]c1cc(OC)cc(OC)c1.[Zn+][Br]. The molecule has 0 fully saturated rings. The number of benzene rings is 1. The van der Waals surface area contributed by atoms with E-state index in [4.69, 9.17) is 9.47 Å². The first-order valence-corrected chi connectivity index (χ1v) is 10.5. The van der Waals surface area contributed by atoms with Gasteiger partial charge in [-0.05, 0) is 6.07 Å². The molecule has 0 saturated heterocycles. The number of hydrogen-bond acceptors (Lipinski definition) is 2. The first kappa shape index (κ1) is 12.8. The summed E-state index contributed by atoms with van der Waals surface area (Å²) in [6, 6.07) is 5.51. The summed E-state index contributed by atoms with van der Waals surface area (Å²) in [7, 11) is 3.24. The fraction of sp³-hybridized carbons (Fsp3) is 0.222. The Kier molecular flexibility index (Phi) is 7.11. The first-order chi connectivity index (χ1) is 6.26. The van der Waals surface area contributed by atoms with Gasteiger partial charge < -0.3 is 9.47 Å². The van der Waals surface area contributed by atoms with Crippen LogP contribution < -0.4 is 9.47 Å². The van der Waals surface area contributed by atoms with Crippen LogP contribution in [-0.4, -0.2) is 14.2 Å². The molecular weight excluding hydrogens is 285 g/mol. The normalized spacial score (nSPS) is 8.38. The minimum absolute atomic E-state index is 0.773. The molecule has 0 aliphatic heterocycles. The third kappa shape index (κ3) is 4.53. The van der Waals surface area contributed by atoms with Crippen LogP contribution in [0.15, 0.2) is 18.2 Å². The quantitative estimate of drug-likeness (QED) is 0.617. The second kappa shape index (κ2) is 7.22. The van der Waals surface area contributed by atoms with E-state index in [0.717, 1.165) is 17.1 Å². The van der Waals surface area contributed by atoms with Gasteiger partial charge in [0.05, 0.1) is 25.7 Å². The van der Waals surface area contributed by atoms with Crippen molar-refractivity contribution in [3.05, 3.63) is 30.7 Å². The number of ether oxygens (including phenoxy) is 2. The van der Waals surface area contributed by atoms with E-state index in [1.807, 2.05) is 18.2 Å². The first-order valence-electron chi connectivity index (χ1n) is 3.58. The molecule has 0 aromatic heterocycles. The standard InChI is InChI=1S/C9H11O2.BrH.Zn/c1-7-4-8(10-2)6-9(5-7)11-3;;/h4-6H,1H2,2-3H3;1H;/q-1;;+2/p-1. The molecule has 0 aliphatic rings. The Morgan fingerprint density at radius 2 is 1.46 bits per heavy atom. The molecule has 0 aliphatic carbocycles. The molecule has 13 heavy (non-hydrogen) atoms. The Balaban J connectivity index is 0.000000671. The van der Waals surface area contributed by atoms with Crippen LogP contribution in [0.4, 0.5) is 0 Å². The number of rotatable bonds is 2. The van der Waals surface area contributed by atoms with E-state index in [1.165, 1.54) is 16.3 Å². The van der Waals surface area contributed by atoms with E-state index in [0.29, 0.717) is 0 Å². The van der Waals surface area contributed by atoms with Gasteiger partial charge in [-0.25, -0.2) is 0 Å². The predicted octanol–water partition coefficient (Wildman–Crippen LogP) is 2.73. The van der Waals surface area contributed by atoms with Gasteiger partial charge in [0.1, 0.15) is 0 Å². The van der Waals surface area contributed by atoms with Crippen molar-refractivity contribution in [3.8, 4) is 11.5 Å². The topological polar surface area (TPSA) is 18.5 Å². The van der Waals surface area contributed by atoms with Gasteiger partial charge in [-0.2, -0.15) is 12.5 Å². The van der Waals surface area contributed by atoms with Crippen molar-refractivity contribution in [2.75, 3.05) is 14.2 Å². The average Bonchev–Trinajstić information content (AvgIpc) is 2.20. The van der Waals surface area contributed by atoms with E-state index in [1.54, 1.807) is 14.2 Å². The van der Waals surface area contributed by atoms with Crippen LogP contribution in [-0.2, 0) is 16.3 Å². The van der Waals surface area contributed by atoms with Crippen molar-refractivity contribution in [1.29, 1.82) is 0 Å². The monoisotopic (exact) mass is 294 g/mol. The van der Waals surface area contributed by atoms with Crippen LogP contribution in [0.2, 0.25) is 0 Å². The molecule has 0 radical (unpaired) electrons. The summed E-state index contributed by atoms with van der Waals surface area (Å²) in [6.45, 7) is 3.78. The Morgan fingerprint density at radius 1 is 1.08 bits per heavy atom. The van der Waals surface area contributed by atoms with Crippen molar-refractivity contribution in [2.24, 2.45) is 0 Å². The molecule has 0 atom stereocenters. The molecular formula is C9H11BrO2Zn. The molecule has 1 rings (SSSR count). The third-order valence-corrected chi connectivity index (χ3v) is 1.41. The Morgan fingerprint density at radius 3 is 1.77 bits per heavy atom. The maximum absolute atomic E-state index is 5.02. The molecule has 0 amide bonds. The summed E-state index contributed by atoms with van der Waals surface area (Å²) >= 11 is 4.25. The van der Waals surface area contributed by atoms with Crippen LogP contribution >= 0.6 is 13.6 Å². The third-order valence-electron chi connectivity index (χ3n) is 1.41. The summed E-state index contributed by atoms with van der Waals surface area (Å²) in [4.78, 5) is 0. The molecule has 1 aromatic rings. The van der Waals surface area contributed by atoms with E-state index in [2.05, 4.69) is 20.5 Å². The maximum atomic E-state index is 5.02. The summed E-state index contributed by atoms with van der Waals surface area (Å²) in [5, 5.41) is 0. The van der Waals surface area contributed by atoms with Crippen LogP contribution in [0.25, 0.3) is 0 Å². The van der Waals surface area contributed by atoms with Crippen LogP contribution in [0.3, 0.4) is 0 Å². The molecule has 68 valence electrons. The van der Waals surface area contributed by atoms with Crippen molar-refractivity contribution in [2.45, 2.75) is 0 Å². The fourth-order valence-corrected chi connectivity index (χ4v) is 0.866. The molecule has 1 aromatic carbocycles. The summed E-state index contributed by atoms with van der Waals surface area (Å²) in [6.07, 6.45) is 0. The van der Waals surface area contributed by atoms with Gasteiger partial charge in [-0.1, -0.05) is 0 Å². The Labute approximate surface area is 95.7 Å². The molecule has 0 bridgehead atoms. The Bertz CT molecular complexity index is 231. The summed E-state index contributed by atoms with van der Waals surface area (Å²) in [5.41, 5.74) is 0.890. The molecule has 0 heterocycles. The number of hydrogen-bond donors (Lipinski definition) is 0. The van der Waals surface area contributed by atoms with Gasteiger partial charge in [-0.15, -0.1) is 12.1 Å². The van der Waals surface area contributed by atoms with E-state index in [-0.39, 0.29) is 0 Å². The fourth-order valence-electron chi connectivity index (χ4n) is 0.866. The van der Waals surface area contributed by atoms with Gasteiger partial charge in [0.25, 0.3) is 0 Å². The van der Waals surface area contributed by atoms with Crippen molar-refractivity contribution in [3.63, 3.8) is 0 Å². The van der Waals surface area contributed by atoms with Gasteiger partial charge in [0, 0.05) is 0 Å². The summed E-state index contributed by atoms with van der Waals surface area (Å²) in [5.74, 6) is 1.55. The molecule has 2 nitrogen and oxygen atoms in total. The van der Waals surface area contributed by atoms with Gasteiger partial charge >= 0.3 is 30.0 Å². The molecule has 0 unspecified atom stereocenters. The van der Waals surface area contributed by atoms with Crippen molar-refractivity contribution < 1.29 is 25.8 Å². The Hall–Kier alpha value is -0.207. The number of halogens is 1. The van der Waals surface area contributed by atoms with Crippen LogP contribution in [0.1, 0.15) is 5.56 Å². The molecule has 0 saturated carbocycles. The van der Waals surface area contributed by atoms with Crippen LogP contribution in [0, 0.1) is 6.92 Å². The minimum atomic E-state index is 0.773. The average molecular weight is 296 g/mol. The van der Waals surface area contributed by atoms with E-state index in [9.17, 15) is 0 Å².